The van der Waals surface area contributed by atoms with Crippen molar-refractivity contribution in [3.05, 3.63) is 84.7 Å². The van der Waals surface area contributed by atoms with Crippen molar-refractivity contribution in [1.29, 1.82) is 0 Å². The summed E-state index contributed by atoms with van der Waals surface area (Å²) < 4.78 is 26.7. The summed E-state index contributed by atoms with van der Waals surface area (Å²) in [5.74, 6) is -0.288. The van der Waals surface area contributed by atoms with E-state index in [1.54, 1.807) is 48.5 Å². The topological polar surface area (TPSA) is 79.4 Å². The smallest absolute Gasteiger partial charge is 0.264 e. The maximum Gasteiger partial charge on any atom is 0.264 e. The molecule has 2 aromatic carbocycles. The minimum absolute atomic E-state index is 0.144. The molecule has 0 aliphatic heterocycles. The molecule has 1 aromatic heterocycles. The first kappa shape index (κ1) is 17.6. The second-order valence-corrected chi connectivity index (χ2v) is 7.49. The number of nitrogens with zero attached hydrogens (tertiary/aromatic N) is 2. The number of rotatable bonds is 5. The Kier molecular flexibility index (Phi) is 4.99. The van der Waals surface area contributed by atoms with Gasteiger partial charge in [-0.2, -0.15) is 0 Å². The molecule has 0 aliphatic carbocycles. The molecule has 26 heavy (non-hydrogen) atoms. The summed E-state index contributed by atoms with van der Waals surface area (Å²) in [6.07, 6.45) is 3.06. The van der Waals surface area contributed by atoms with E-state index in [-0.39, 0.29) is 10.8 Å². The van der Waals surface area contributed by atoms with Crippen LogP contribution in [0, 0.1) is 0 Å². The number of amides is 1. The van der Waals surface area contributed by atoms with Crippen molar-refractivity contribution >= 4 is 27.3 Å². The average Bonchev–Trinajstić information content (AvgIpc) is 2.69. The Bertz CT molecular complexity index is 989. The van der Waals surface area contributed by atoms with Crippen LogP contribution < -0.4 is 9.62 Å². The van der Waals surface area contributed by atoms with Gasteiger partial charge in [-0.3, -0.25) is 14.1 Å². The molecule has 0 saturated heterocycles. The summed E-state index contributed by atoms with van der Waals surface area (Å²) in [6.45, 7) is 0. The van der Waals surface area contributed by atoms with Crippen molar-refractivity contribution in [2.75, 3.05) is 16.7 Å². The van der Waals surface area contributed by atoms with Crippen molar-refractivity contribution in [3.63, 3.8) is 0 Å². The van der Waals surface area contributed by atoms with Crippen molar-refractivity contribution in [1.82, 2.24) is 4.98 Å². The first-order valence-corrected chi connectivity index (χ1v) is 9.28. The summed E-state index contributed by atoms with van der Waals surface area (Å²) in [4.78, 5) is 16.1. The van der Waals surface area contributed by atoms with Gasteiger partial charge in [-0.25, -0.2) is 8.42 Å². The lowest BCUT2D eigenvalue weighted by molar-refractivity contribution is 0.102. The highest BCUT2D eigenvalue weighted by Gasteiger charge is 2.21. The summed E-state index contributed by atoms with van der Waals surface area (Å²) >= 11 is 0. The lowest BCUT2D eigenvalue weighted by atomic mass is 10.2. The first-order valence-electron chi connectivity index (χ1n) is 7.84. The number of carbonyl (C=O) groups is 1. The molecular weight excluding hydrogens is 350 g/mol. The van der Waals surface area contributed by atoms with Crippen LogP contribution in [0.2, 0.25) is 0 Å². The van der Waals surface area contributed by atoms with Gasteiger partial charge in [0.2, 0.25) is 0 Å². The van der Waals surface area contributed by atoms with Crippen LogP contribution in [0.15, 0.2) is 84.0 Å². The zero-order valence-electron chi connectivity index (χ0n) is 14.0. The summed E-state index contributed by atoms with van der Waals surface area (Å²) in [6, 6.07) is 18.1. The van der Waals surface area contributed by atoms with E-state index in [1.165, 1.54) is 35.9 Å². The van der Waals surface area contributed by atoms with Gasteiger partial charge in [-0.05, 0) is 48.5 Å². The minimum atomic E-state index is -3.68. The summed E-state index contributed by atoms with van der Waals surface area (Å²) in [7, 11) is -2.17. The third-order valence-electron chi connectivity index (χ3n) is 3.83. The molecule has 7 heteroatoms. The van der Waals surface area contributed by atoms with Gasteiger partial charge in [-0.15, -0.1) is 0 Å². The number of benzene rings is 2. The predicted octanol–water partition coefficient (Wildman–Crippen LogP) is 3.16. The molecule has 3 aromatic rings. The van der Waals surface area contributed by atoms with Crippen LogP contribution in [-0.2, 0) is 10.0 Å². The average molecular weight is 367 g/mol. The lowest BCUT2D eigenvalue weighted by Gasteiger charge is -2.19. The number of hydrogen-bond acceptors (Lipinski definition) is 4. The number of para-hydroxylation sites is 1. The molecule has 6 nitrogen and oxygen atoms in total. The predicted molar refractivity (Wildman–Crippen MR) is 101 cm³/mol. The highest BCUT2D eigenvalue weighted by molar-refractivity contribution is 7.92. The monoisotopic (exact) mass is 367 g/mol. The van der Waals surface area contributed by atoms with E-state index < -0.39 is 10.0 Å². The maximum absolute atomic E-state index is 12.7. The van der Waals surface area contributed by atoms with E-state index in [9.17, 15) is 13.2 Å². The van der Waals surface area contributed by atoms with E-state index in [1.807, 2.05) is 6.07 Å². The van der Waals surface area contributed by atoms with E-state index in [0.29, 0.717) is 16.9 Å². The number of sulfonamides is 1. The number of hydrogen-bond donors (Lipinski definition) is 1. The molecule has 0 unspecified atom stereocenters. The van der Waals surface area contributed by atoms with Crippen LogP contribution in [-0.4, -0.2) is 26.4 Å². The molecule has 1 heterocycles. The molecule has 3 rings (SSSR count). The molecule has 1 amide bonds. The normalized spacial score (nSPS) is 11.0. The Hall–Kier alpha value is -3.19. The molecule has 0 atom stereocenters. The minimum Gasteiger partial charge on any atom is -0.322 e. The Balaban J connectivity index is 1.78. The number of carbonyl (C=O) groups excluding carboxylic acids is 1. The zero-order chi connectivity index (χ0) is 18.6. The maximum atomic E-state index is 12.7. The molecular formula is C19H17N3O3S. The van der Waals surface area contributed by atoms with E-state index in [0.717, 1.165) is 0 Å². The first-order chi connectivity index (χ1) is 12.5. The third kappa shape index (κ3) is 3.73. The fraction of sp³-hybridized carbons (Fsp3) is 0.0526. The number of anilines is 2. The summed E-state index contributed by atoms with van der Waals surface area (Å²) in [5.41, 5.74) is 1.55. The van der Waals surface area contributed by atoms with E-state index in [4.69, 9.17) is 0 Å². The Morgan fingerprint density at radius 3 is 2.15 bits per heavy atom. The quantitative estimate of drug-likeness (QED) is 0.751. The van der Waals surface area contributed by atoms with Gasteiger partial charge in [-0.1, -0.05) is 18.2 Å². The SMILES string of the molecule is CN(c1ccccc1)S(=O)(=O)c1ccc(NC(=O)c2ccncc2)cc1. The number of aromatic nitrogens is 1. The number of pyridine rings is 1. The van der Waals surface area contributed by atoms with Gasteiger partial charge >= 0.3 is 0 Å². The van der Waals surface area contributed by atoms with Crippen LogP contribution >= 0.6 is 0 Å². The zero-order valence-corrected chi connectivity index (χ0v) is 14.8. The van der Waals surface area contributed by atoms with Gasteiger partial charge in [0, 0.05) is 30.7 Å². The van der Waals surface area contributed by atoms with Crippen LogP contribution in [0.1, 0.15) is 10.4 Å². The van der Waals surface area contributed by atoms with E-state index >= 15 is 0 Å². The highest BCUT2D eigenvalue weighted by atomic mass is 32.2. The molecule has 0 spiro atoms. The Labute approximate surface area is 152 Å². The van der Waals surface area contributed by atoms with Crippen LogP contribution in [0.25, 0.3) is 0 Å². The van der Waals surface area contributed by atoms with Gasteiger partial charge in [0.15, 0.2) is 0 Å². The van der Waals surface area contributed by atoms with Crippen LogP contribution in [0.3, 0.4) is 0 Å². The Morgan fingerprint density at radius 1 is 0.923 bits per heavy atom. The third-order valence-corrected chi connectivity index (χ3v) is 5.63. The highest BCUT2D eigenvalue weighted by Crippen LogP contribution is 2.23. The molecule has 0 radical (unpaired) electrons. The molecule has 0 fully saturated rings. The second-order valence-electron chi connectivity index (χ2n) is 5.52. The number of nitrogens with one attached hydrogen (secondary N) is 1. The van der Waals surface area contributed by atoms with Gasteiger partial charge < -0.3 is 5.32 Å². The lowest BCUT2D eigenvalue weighted by Crippen LogP contribution is -2.26. The van der Waals surface area contributed by atoms with Crippen LogP contribution in [0.4, 0.5) is 11.4 Å². The van der Waals surface area contributed by atoms with Crippen molar-refractivity contribution < 1.29 is 13.2 Å². The Morgan fingerprint density at radius 2 is 1.54 bits per heavy atom. The molecule has 0 aliphatic rings. The van der Waals surface area contributed by atoms with E-state index in [2.05, 4.69) is 10.3 Å². The van der Waals surface area contributed by atoms with Gasteiger partial charge in [0.1, 0.15) is 0 Å². The fourth-order valence-corrected chi connectivity index (χ4v) is 3.55. The molecule has 132 valence electrons. The summed E-state index contributed by atoms with van der Waals surface area (Å²) in [5, 5.41) is 2.72. The largest absolute Gasteiger partial charge is 0.322 e. The van der Waals surface area contributed by atoms with Crippen molar-refractivity contribution in [2.45, 2.75) is 4.90 Å². The standard InChI is InChI=1S/C19H17N3O3S/c1-22(17-5-3-2-4-6-17)26(24,25)18-9-7-16(8-10-18)21-19(23)15-11-13-20-14-12-15/h2-14H,1H3,(H,21,23). The van der Waals surface area contributed by atoms with Crippen molar-refractivity contribution in [2.24, 2.45) is 0 Å². The molecule has 0 saturated carbocycles. The van der Waals surface area contributed by atoms with Crippen LogP contribution in [0.5, 0.6) is 0 Å². The molecule has 1 N–H and O–H groups in total. The van der Waals surface area contributed by atoms with Gasteiger partial charge in [0.05, 0.1) is 10.6 Å². The second kappa shape index (κ2) is 7.37. The van der Waals surface area contributed by atoms with Gasteiger partial charge in [0.25, 0.3) is 15.9 Å². The van der Waals surface area contributed by atoms with Crippen molar-refractivity contribution in [3.8, 4) is 0 Å². The molecule has 0 bridgehead atoms. The fourth-order valence-electron chi connectivity index (χ4n) is 2.35.